The number of hydrogen-bond acceptors (Lipinski definition) is 2. The number of benzene rings is 1. The Morgan fingerprint density at radius 1 is 0.478 bits per heavy atom. The predicted octanol–water partition coefficient (Wildman–Crippen LogP) is 13.1. The molecule has 4 heteroatoms. The van der Waals surface area contributed by atoms with Crippen molar-refractivity contribution in [2.24, 2.45) is 5.73 Å². The summed E-state index contributed by atoms with van der Waals surface area (Å²) in [4.78, 5) is 3.78. The molecule has 0 atom stereocenters. The van der Waals surface area contributed by atoms with Gasteiger partial charge in [0.05, 0.1) is 20.6 Å². The van der Waals surface area contributed by atoms with Gasteiger partial charge in [0.2, 0.25) is 0 Å². The summed E-state index contributed by atoms with van der Waals surface area (Å²) in [7, 11) is 4.72. The van der Waals surface area contributed by atoms with E-state index in [1.807, 2.05) is 18.2 Å². The molecule has 0 spiro atoms. The molecule has 0 saturated carbocycles. The van der Waals surface area contributed by atoms with Crippen molar-refractivity contribution in [3.05, 3.63) is 66.5 Å². The van der Waals surface area contributed by atoms with Crippen LogP contribution >= 0.6 is 12.4 Å². The summed E-state index contributed by atoms with van der Waals surface area (Å²) in [5.74, 6) is 0. The summed E-state index contributed by atoms with van der Waals surface area (Å²) in [6.45, 7) is 7.90. The molecule has 0 unspecified atom stereocenters. The van der Waals surface area contributed by atoms with Crippen molar-refractivity contribution in [3.8, 4) is 0 Å². The fraction of sp³-hybridized carbons (Fsp3) is 0.738. The van der Waals surface area contributed by atoms with Crippen molar-refractivity contribution in [2.75, 3.05) is 27.2 Å². The third kappa shape index (κ3) is 37.0. The van der Waals surface area contributed by atoms with Crippen LogP contribution in [0.3, 0.4) is 0 Å². The zero-order valence-corrected chi connectivity index (χ0v) is 32.1. The number of quaternary nitrogens is 1. The van der Waals surface area contributed by atoms with Crippen LogP contribution in [0, 0.1) is 0 Å². The largest absolute Gasteiger partial charge is 0.330 e. The lowest BCUT2D eigenvalue weighted by molar-refractivity contribution is -0.903. The maximum Gasteiger partial charge on any atom is 0.104 e. The second-order valence-corrected chi connectivity index (χ2v) is 13.9. The lowest BCUT2D eigenvalue weighted by atomic mass is 10.0. The molecule has 0 radical (unpaired) electrons. The SMILES string of the molecule is CCCCCCCCCCCCCCCCN.CCCCCCCCCCCC[N+](C)(C)Cc1ccccc1.Cl.c1ccncc1. The van der Waals surface area contributed by atoms with Gasteiger partial charge >= 0.3 is 0 Å². The van der Waals surface area contributed by atoms with Crippen LogP contribution in [0.1, 0.15) is 174 Å². The highest BCUT2D eigenvalue weighted by Gasteiger charge is 2.14. The molecule has 3 nitrogen and oxygen atoms in total. The van der Waals surface area contributed by atoms with Gasteiger partial charge in [-0.15, -0.1) is 12.4 Å². The molecule has 0 amide bonds. The van der Waals surface area contributed by atoms with Gasteiger partial charge < -0.3 is 10.2 Å². The van der Waals surface area contributed by atoms with Gasteiger partial charge in [-0.2, -0.15) is 0 Å². The monoisotopic (exact) mass is 661 g/mol. The van der Waals surface area contributed by atoms with Gasteiger partial charge in [0, 0.05) is 18.0 Å². The molecular formula is C42H79ClN3+. The van der Waals surface area contributed by atoms with E-state index in [2.05, 4.69) is 63.3 Å². The molecule has 0 aliphatic rings. The summed E-state index contributed by atoms with van der Waals surface area (Å²) in [6.07, 6.45) is 37.6. The van der Waals surface area contributed by atoms with E-state index in [9.17, 15) is 0 Å². The molecule has 2 rings (SSSR count). The zero-order chi connectivity index (χ0) is 32.9. The molecule has 2 N–H and O–H groups in total. The Morgan fingerprint density at radius 3 is 1.15 bits per heavy atom. The molecule has 1 aromatic carbocycles. The minimum Gasteiger partial charge on any atom is -0.330 e. The molecule has 0 bridgehead atoms. The first-order chi connectivity index (χ1) is 22.1. The Morgan fingerprint density at radius 2 is 0.826 bits per heavy atom. The zero-order valence-electron chi connectivity index (χ0n) is 31.2. The van der Waals surface area contributed by atoms with Crippen LogP contribution in [0.2, 0.25) is 0 Å². The van der Waals surface area contributed by atoms with E-state index in [1.165, 1.54) is 166 Å². The van der Waals surface area contributed by atoms with Crippen molar-refractivity contribution >= 4 is 12.4 Å². The number of nitrogens with two attached hydrogens (primary N) is 1. The second-order valence-electron chi connectivity index (χ2n) is 13.9. The molecule has 0 fully saturated rings. The van der Waals surface area contributed by atoms with Crippen LogP contribution in [0.15, 0.2) is 60.9 Å². The lowest BCUT2D eigenvalue weighted by Gasteiger charge is -2.30. The fourth-order valence-electron chi connectivity index (χ4n) is 5.84. The highest BCUT2D eigenvalue weighted by molar-refractivity contribution is 5.85. The number of rotatable bonds is 27. The lowest BCUT2D eigenvalue weighted by Crippen LogP contribution is -2.39. The average Bonchev–Trinajstić information content (AvgIpc) is 3.06. The molecular weight excluding hydrogens is 582 g/mol. The Labute approximate surface area is 294 Å². The fourth-order valence-corrected chi connectivity index (χ4v) is 5.84. The molecule has 0 saturated heterocycles. The quantitative estimate of drug-likeness (QED) is 0.0764. The summed E-state index contributed by atoms with van der Waals surface area (Å²) < 4.78 is 1.11. The highest BCUT2D eigenvalue weighted by atomic mass is 35.5. The molecule has 0 aliphatic heterocycles. The van der Waals surface area contributed by atoms with E-state index in [0.29, 0.717) is 0 Å². The molecule has 0 aliphatic carbocycles. The topological polar surface area (TPSA) is 38.9 Å². The number of pyridine rings is 1. The van der Waals surface area contributed by atoms with Gasteiger partial charge in [0.15, 0.2) is 0 Å². The van der Waals surface area contributed by atoms with E-state index < -0.39 is 0 Å². The van der Waals surface area contributed by atoms with Crippen LogP contribution in [0.4, 0.5) is 0 Å². The van der Waals surface area contributed by atoms with Gasteiger partial charge in [-0.1, -0.05) is 185 Å². The van der Waals surface area contributed by atoms with E-state index in [-0.39, 0.29) is 12.4 Å². The average molecular weight is 662 g/mol. The Balaban J connectivity index is 0. The maximum absolute atomic E-state index is 5.47. The van der Waals surface area contributed by atoms with Crippen LogP contribution in [0.5, 0.6) is 0 Å². The van der Waals surface area contributed by atoms with Gasteiger partial charge in [0.1, 0.15) is 6.54 Å². The molecule has 1 heterocycles. The first-order valence-corrected chi connectivity index (χ1v) is 19.5. The third-order valence-corrected chi connectivity index (χ3v) is 8.69. The molecule has 1 aromatic heterocycles. The van der Waals surface area contributed by atoms with Gasteiger partial charge in [0.25, 0.3) is 0 Å². The van der Waals surface area contributed by atoms with Gasteiger partial charge in [-0.05, 0) is 37.9 Å². The van der Waals surface area contributed by atoms with Crippen molar-refractivity contribution < 1.29 is 4.48 Å². The summed E-state index contributed by atoms with van der Waals surface area (Å²) >= 11 is 0. The smallest absolute Gasteiger partial charge is 0.104 e. The van der Waals surface area contributed by atoms with Gasteiger partial charge in [-0.3, -0.25) is 4.98 Å². The van der Waals surface area contributed by atoms with E-state index >= 15 is 0 Å². The van der Waals surface area contributed by atoms with Crippen LogP contribution in [-0.2, 0) is 6.54 Å². The summed E-state index contributed by atoms with van der Waals surface area (Å²) in [6, 6.07) is 16.6. The highest BCUT2D eigenvalue weighted by Crippen LogP contribution is 2.15. The standard InChI is InChI=1S/C21H38N.C16H35N.C5H5N.ClH/c1-4-5-6-7-8-9-10-11-12-16-19-22(2,3)20-21-17-14-13-15-18-21;1-2-3-4-5-6-7-8-9-10-11-12-13-14-15-16-17;1-2-4-6-5-3-1;/h13-15,17-18H,4-12,16,19-20H2,1-3H3;2-17H2,1H3;1-5H;1H/q+1;;;. The Kier molecular flexibility index (Phi) is 38.6. The van der Waals surface area contributed by atoms with Crippen LogP contribution in [0.25, 0.3) is 0 Å². The maximum atomic E-state index is 5.47. The number of halogens is 1. The van der Waals surface area contributed by atoms with E-state index in [4.69, 9.17) is 5.73 Å². The summed E-state index contributed by atoms with van der Waals surface area (Å²) in [5, 5.41) is 0. The van der Waals surface area contributed by atoms with E-state index in [0.717, 1.165) is 17.6 Å². The van der Waals surface area contributed by atoms with Crippen LogP contribution in [-0.4, -0.2) is 36.7 Å². The van der Waals surface area contributed by atoms with Gasteiger partial charge in [-0.25, -0.2) is 0 Å². The third-order valence-electron chi connectivity index (χ3n) is 8.69. The van der Waals surface area contributed by atoms with Crippen molar-refractivity contribution in [1.82, 2.24) is 4.98 Å². The number of hydrogen-bond donors (Lipinski definition) is 1. The molecule has 2 aromatic rings. The first-order valence-electron chi connectivity index (χ1n) is 19.5. The summed E-state index contributed by atoms with van der Waals surface area (Å²) in [5.41, 5.74) is 6.93. The molecule has 268 valence electrons. The van der Waals surface area contributed by atoms with Crippen LogP contribution < -0.4 is 5.73 Å². The van der Waals surface area contributed by atoms with Crippen molar-refractivity contribution in [3.63, 3.8) is 0 Å². The number of unbranched alkanes of at least 4 members (excludes halogenated alkanes) is 22. The molecule has 46 heavy (non-hydrogen) atoms. The predicted molar refractivity (Wildman–Crippen MR) is 210 cm³/mol. The normalized spacial score (nSPS) is 10.7. The van der Waals surface area contributed by atoms with E-state index in [1.54, 1.807) is 12.4 Å². The van der Waals surface area contributed by atoms with Crippen molar-refractivity contribution in [2.45, 2.75) is 174 Å². The minimum atomic E-state index is 0. The number of nitrogens with zero attached hydrogens (tertiary/aromatic N) is 2. The Bertz CT molecular complexity index is 743. The number of aromatic nitrogens is 1. The minimum absolute atomic E-state index is 0. The second kappa shape index (κ2) is 38.0. The Hall–Kier alpha value is -1.42. The van der Waals surface area contributed by atoms with Crippen molar-refractivity contribution in [1.29, 1.82) is 0 Å². The first kappa shape index (κ1) is 46.7.